The Morgan fingerprint density at radius 1 is 1.33 bits per heavy atom. The molecule has 78 valence electrons. The highest BCUT2D eigenvalue weighted by Gasteiger charge is 2.18. The Balaban J connectivity index is 2.45. The molecule has 2 rings (SSSR count). The Kier molecular flexibility index (Phi) is 2.46. The van der Waals surface area contributed by atoms with E-state index in [9.17, 15) is 4.79 Å². The number of nitrogens with zero attached hydrogens (tertiary/aromatic N) is 1. The van der Waals surface area contributed by atoms with Gasteiger partial charge in [0, 0.05) is 13.1 Å². The highest BCUT2D eigenvalue weighted by Crippen LogP contribution is 2.25. The van der Waals surface area contributed by atoms with E-state index in [1.165, 1.54) is 0 Å². The highest BCUT2D eigenvalue weighted by molar-refractivity contribution is 5.96. The van der Waals surface area contributed by atoms with Gasteiger partial charge in [-0.3, -0.25) is 0 Å². The van der Waals surface area contributed by atoms with Crippen molar-refractivity contribution in [3.63, 3.8) is 0 Å². The fourth-order valence-corrected chi connectivity index (χ4v) is 1.87. The van der Waals surface area contributed by atoms with Gasteiger partial charge in [-0.1, -0.05) is 24.3 Å². The van der Waals surface area contributed by atoms with Crippen LogP contribution in [-0.4, -0.2) is 24.2 Å². The number of carbonyl (C=O) groups is 1. The zero-order valence-corrected chi connectivity index (χ0v) is 8.60. The number of hydrogen-bond acceptors (Lipinski definition) is 2. The summed E-state index contributed by atoms with van der Waals surface area (Å²) in [6, 6.07) is 5.59. The number of rotatable bonds is 2. The van der Waals surface area contributed by atoms with Crippen molar-refractivity contribution in [2.24, 2.45) is 0 Å². The van der Waals surface area contributed by atoms with E-state index in [0.717, 1.165) is 24.3 Å². The fourth-order valence-electron chi connectivity index (χ4n) is 1.87. The summed E-state index contributed by atoms with van der Waals surface area (Å²) in [5, 5.41) is 9.16. The van der Waals surface area contributed by atoms with Crippen molar-refractivity contribution in [2.75, 3.05) is 18.0 Å². The quantitative estimate of drug-likeness (QED) is 0.748. The Labute approximate surface area is 88.6 Å². The molecule has 0 spiro atoms. The fraction of sp³-hybridized carbons (Fsp3) is 0.250. The first kappa shape index (κ1) is 9.77. The second kappa shape index (κ2) is 3.77. The average molecular weight is 203 g/mol. The van der Waals surface area contributed by atoms with Gasteiger partial charge in [0.2, 0.25) is 0 Å². The maximum atomic E-state index is 11.2. The minimum absolute atomic E-state index is 0.418. The molecule has 0 fully saturated rings. The summed E-state index contributed by atoms with van der Waals surface area (Å²) in [6.45, 7) is 3.42. The van der Waals surface area contributed by atoms with Crippen LogP contribution >= 0.6 is 0 Å². The van der Waals surface area contributed by atoms with Gasteiger partial charge in [-0.25, -0.2) is 4.79 Å². The van der Waals surface area contributed by atoms with Crippen LogP contribution in [0.4, 0.5) is 5.69 Å². The molecule has 1 aliphatic rings. The molecule has 1 aromatic rings. The topological polar surface area (TPSA) is 40.5 Å². The van der Waals surface area contributed by atoms with Gasteiger partial charge in [0.25, 0.3) is 0 Å². The van der Waals surface area contributed by atoms with Crippen molar-refractivity contribution in [2.45, 2.75) is 6.92 Å². The van der Waals surface area contributed by atoms with E-state index in [1.807, 2.05) is 37.3 Å². The first-order chi connectivity index (χ1) is 7.20. The van der Waals surface area contributed by atoms with Crippen molar-refractivity contribution in [1.29, 1.82) is 0 Å². The summed E-state index contributed by atoms with van der Waals surface area (Å²) >= 11 is 0. The summed E-state index contributed by atoms with van der Waals surface area (Å²) in [7, 11) is 0. The van der Waals surface area contributed by atoms with Crippen LogP contribution in [0.2, 0.25) is 0 Å². The smallest absolute Gasteiger partial charge is 0.338 e. The van der Waals surface area contributed by atoms with E-state index in [1.54, 1.807) is 0 Å². The molecule has 1 heterocycles. The molecule has 0 saturated heterocycles. The molecule has 0 aliphatic carbocycles. The molecule has 3 nitrogen and oxygen atoms in total. The summed E-state index contributed by atoms with van der Waals surface area (Å²) in [4.78, 5) is 13.2. The van der Waals surface area contributed by atoms with Crippen LogP contribution in [0.1, 0.15) is 15.9 Å². The number of aromatic carboxylic acids is 1. The van der Waals surface area contributed by atoms with Crippen molar-refractivity contribution in [1.82, 2.24) is 0 Å². The van der Waals surface area contributed by atoms with Crippen molar-refractivity contribution >= 4 is 11.7 Å². The lowest BCUT2D eigenvalue weighted by Crippen LogP contribution is -2.21. The largest absolute Gasteiger partial charge is 0.478 e. The normalized spacial score (nSPS) is 14.6. The Morgan fingerprint density at radius 3 is 2.60 bits per heavy atom. The van der Waals surface area contributed by atoms with Gasteiger partial charge >= 0.3 is 5.97 Å². The molecule has 0 unspecified atom stereocenters. The summed E-state index contributed by atoms with van der Waals surface area (Å²) < 4.78 is 0. The first-order valence-corrected chi connectivity index (χ1v) is 4.93. The third-order valence-electron chi connectivity index (χ3n) is 2.62. The number of anilines is 1. The Hall–Kier alpha value is -1.77. The van der Waals surface area contributed by atoms with Crippen LogP contribution in [0.15, 0.2) is 30.4 Å². The van der Waals surface area contributed by atoms with Crippen LogP contribution in [0.25, 0.3) is 0 Å². The molecule has 0 aromatic heterocycles. The molecule has 1 aliphatic heterocycles. The molecule has 15 heavy (non-hydrogen) atoms. The number of carboxylic acid groups (broad SMARTS) is 1. The van der Waals surface area contributed by atoms with E-state index in [0.29, 0.717) is 5.56 Å². The lowest BCUT2D eigenvalue weighted by molar-refractivity contribution is 0.0697. The van der Waals surface area contributed by atoms with Gasteiger partial charge in [-0.15, -0.1) is 0 Å². The maximum absolute atomic E-state index is 11.2. The molecule has 1 aromatic carbocycles. The van der Waals surface area contributed by atoms with Gasteiger partial charge in [-0.05, 0) is 18.6 Å². The molecule has 0 bridgehead atoms. The molecular formula is C12H13NO2. The molecular weight excluding hydrogens is 190 g/mol. The van der Waals surface area contributed by atoms with E-state index in [-0.39, 0.29) is 0 Å². The van der Waals surface area contributed by atoms with Gasteiger partial charge in [0.1, 0.15) is 0 Å². The Morgan fingerprint density at radius 2 is 2.00 bits per heavy atom. The summed E-state index contributed by atoms with van der Waals surface area (Å²) in [6.07, 6.45) is 4.10. The Bertz CT molecular complexity index is 416. The van der Waals surface area contributed by atoms with Gasteiger partial charge in [-0.2, -0.15) is 0 Å². The SMILES string of the molecule is Cc1cccc(N2CC=CC2)c1C(=O)O. The highest BCUT2D eigenvalue weighted by atomic mass is 16.4. The maximum Gasteiger partial charge on any atom is 0.338 e. The number of carboxylic acids is 1. The molecule has 0 atom stereocenters. The second-order valence-corrected chi connectivity index (χ2v) is 3.65. The van der Waals surface area contributed by atoms with E-state index >= 15 is 0 Å². The van der Waals surface area contributed by atoms with Crippen LogP contribution in [0.3, 0.4) is 0 Å². The third kappa shape index (κ3) is 1.73. The first-order valence-electron chi connectivity index (χ1n) is 4.93. The van der Waals surface area contributed by atoms with Crippen LogP contribution in [-0.2, 0) is 0 Å². The summed E-state index contributed by atoms with van der Waals surface area (Å²) in [5.74, 6) is -0.852. The number of benzene rings is 1. The van der Waals surface area contributed by atoms with E-state index < -0.39 is 5.97 Å². The van der Waals surface area contributed by atoms with Crippen LogP contribution in [0.5, 0.6) is 0 Å². The predicted molar refractivity (Wildman–Crippen MR) is 59.5 cm³/mol. The van der Waals surface area contributed by atoms with Crippen molar-refractivity contribution in [3.8, 4) is 0 Å². The van der Waals surface area contributed by atoms with Crippen LogP contribution in [0, 0.1) is 6.92 Å². The van der Waals surface area contributed by atoms with Crippen LogP contribution < -0.4 is 4.90 Å². The van der Waals surface area contributed by atoms with Gasteiger partial charge < -0.3 is 10.0 Å². The lowest BCUT2D eigenvalue weighted by Gasteiger charge is -2.20. The van der Waals surface area contributed by atoms with Crippen molar-refractivity contribution < 1.29 is 9.90 Å². The molecule has 3 heteroatoms. The second-order valence-electron chi connectivity index (χ2n) is 3.65. The average Bonchev–Trinajstić information content (AvgIpc) is 2.69. The van der Waals surface area contributed by atoms with Crippen molar-refractivity contribution in [3.05, 3.63) is 41.5 Å². The minimum Gasteiger partial charge on any atom is -0.478 e. The van der Waals surface area contributed by atoms with E-state index in [4.69, 9.17) is 5.11 Å². The number of hydrogen-bond donors (Lipinski definition) is 1. The standard InChI is InChI=1S/C12H13NO2/c1-9-5-4-6-10(11(9)12(14)15)13-7-2-3-8-13/h2-6H,7-8H2,1H3,(H,14,15). The van der Waals surface area contributed by atoms with Gasteiger partial charge in [0.15, 0.2) is 0 Å². The molecule has 0 radical (unpaired) electrons. The third-order valence-corrected chi connectivity index (χ3v) is 2.62. The molecule has 1 N–H and O–H groups in total. The lowest BCUT2D eigenvalue weighted by atomic mass is 10.1. The monoisotopic (exact) mass is 203 g/mol. The van der Waals surface area contributed by atoms with E-state index in [2.05, 4.69) is 4.90 Å². The molecule has 0 amide bonds. The minimum atomic E-state index is -0.852. The molecule has 0 saturated carbocycles. The zero-order valence-electron chi connectivity index (χ0n) is 8.60. The predicted octanol–water partition coefficient (Wildman–Crippen LogP) is 2.07. The zero-order chi connectivity index (χ0) is 10.8. The summed E-state index contributed by atoms with van der Waals surface area (Å²) in [5.41, 5.74) is 2.04. The van der Waals surface area contributed by atoms with Gasteiger partial charge in [0.05, 0.1) is 11.3 Å². The number of aryl methyl sites for hydroxylation is 1.